The van der Waals surface area contributed by atoms with Crippen molar-refractivity contribution >= 4 is 26.0 Å². The van der Waals surface area contributed by atoms with E-state index in [2.05, 4.69) is 0 Å². The molecule has 0 radical (unpaired) electrons. The van der Waals surface area contributed by atoms with Crippen molar-refractivity contribution in [3.63, 3.8) is 0 Å². The third-order valence-corrected chi connectivity index (χ3v) is 8.95. The lowest BCUT2D eigenvalue weighted by Gasteiger charge is -2.38. The molecule has 2 aromatic rings. The third-order valence-electron chi connectivity index (χ3n) is 5.81. The van der Waals surface area contributed by atoms with Crippen molar-refractivity contribution in [2.45, 2.75) is 17.5 Å². The summed E-state index contributed by atoms with van der Waals surface area (Å²) in [5.74, 6) is -0.263. The van der Waals surface area contributed by atoms with Gasteiger partial charge in [-0.15, -0.1) is 0 Å². The summed E-state index contributed by atoms with van der Waals surface area (Å²) in [5, 5.41) is 9.20. The number of amides is 1. The molecule has 13 heteroatoms. The van der Waals surface area contributed by atoms with Crippen LogP contribution in [-0.2, 0) is 31.4 Å². The van der Waals surface area contributed by atoms with Gasteiger partial charge in [0.2, 0.25) is 20.0 Å². The molecule has 1 fully saturated rings. The minimum Gasteiger partial charge on any atom is -0.489 e. The van der Waals surface area contributed by atoms with Crippen molar-refractivity contribution in [1.29, 1.82) is 0 Å². The number of hydrogen-bond acceptors (Lipinski definition) is 8. The van der Waals surface area contributed by atoms with E-state index in [0.717, 1.165) is 16.1 Å². The smallest absolute Gasteiger partial charge is 0.262 e. The molecule has 0 unspecified atom stereocenters. The number of nitrogens with one attached hydrogen (secondary N) is 1. The molecular weight excluding hydrogens is 496 g/mol. The highest BCUT2D eigenvalue weighted by atomic mass is 32.2. The molecule has 192 valence electrons. The summed E-state index contributed by atoms with van der Waals surface area (Å²) in [7, 11) is -5.97. The van der Waals surface area contributed by atoms with Crippen molar-refractivity contribution in [3.8, 4) is 5.75 Å². The van der Waals surface area contributed by atoms with E-state index in [1.807, 2.05) is 30.3 Å². The number of benzene rings is 2. The van der Waals surface area contributed by atoms with E-state index in [1.165, 1.54) is 23.5 Å². The normalized spacial score (nSPS) is 16.7. The number of rotatable bonds is 10. The first kappa shape index (κ1) is 27.0. The maximum atomic E-state index is 13.1. The van der Waals surface area contributed by atoms with Gasteiger partial charge in [-0.05, 0) is 29.8 Å². The Bertz CT molecular complexity index is 1200. The van der Waals surface area contributed by atoms with E-state index in [1.54, 1.807) is 22.5 Å². The highest BCUT2D eigenvalue weighted by Crippen LogP contribution is 2.21. The molecule has 0 saturated carbocycles. The lowest BCUT2D eigenvalue weighted by molar-refractivity contribution is -0.135. The summed E-state index contributed by atoms with van der Waals surface area (Å²) >= 11 is 0. The zero-order valence-corrected chi connectivity index (χ0v) is 21.2. The average Bonchev–Trinajstić information content (AvgIpc) is 2.85. The van der Waals surface area contributed by atoms with Gasteiger partial charge in [-0.3, -0.25) is 14.9 Å². The van der Waals surface area contributed by atoms with Crippen molar-refractivity contribution in [3.05, 3.63) is 60.2 Å². The van der Waals surface area contributed by atoms with Crippen LogP contribution in [0.3, 0.4) is 0 Å². The second-order valence-electron chi connectivity index (χ2n) is 8.22. The first-order chi connectivity index (χ1) is 16.5. The quantitative estimate of drug-likeness (QED) is 0.334. The van der Waals surface area contributed by atoms with Crippen LogP contribution in [0.5, 0.6) is 5.75 Å². The molecule has 35 heavy (non-hydrogen) atoms. The molecule has 1 atom stereocenters. The number of carbonyl (C=O) groups excluding carboxylic acids is 1. The van der Waals surface area contributed by atoms with Gasteiger partial charge < -0.3 is 4.74 Å². The van der Waals surface area contributed by atoms with Gasteiger partial charge in [0.1, 0.15) is 18.4 Å². The number of hydrogen-bond donors (Lipinski definition) is 2. The fraction of sp³-hybridized carbons (Fsp3) is 0.409. The Morgan fingerprint density at radius 2 is 1.63 bits per heavy atom. The van der Waals surface area contributed by atoms with Gasteiger partial charge in [-0.2, -0.15) is 8.61 Å². The Labute approximate surface area is 206 Å². The van der Waals surface area contributed by atoms with Crippen LogP contribution in [-0.4, -0.2) is 93.5 Å². The minimum atomic E-state index is -3.95. The second-order valence-corrected chi connectivity index (χ2v) is 12.2. The standard InChI is InChI=1S/C22H30N4O7S2/c1-24(16-21(22(27)23-28)25-12-14-26(15-13-25)34(2,29)30)35(31,32)20-10-8-19(9-11-20)33-17-18-6-4-3-5-7-18/h3-11,21,28H,12-17H2,1-2H3,(H,23,27)/t21-/m0/s1. The molecule has 3 rings (SSSR count). The largest absolute Gasteiger partial charge is 0.489 e. The maximum absolute atomic E-state index is 13.1. The van der Waals surface area contributed by atoms with Gasteiger partial charge in [0, 0.05) is 39.8 Å². The zero-order chi connectivity index (χ0) is 25.6. The lowest BCUT2D eigenvalue weighted by atomic mass is 10.2. The van der Waals surface area contributed by atoms with Crippen LogP contribution in [0.2, 0.25) is 0 Å². The average molecular weight is 527 g/mol. The Morgan fingerprint density at radius 3 is 2.17 bits per heavy atom. The van der Waals surface area contributed by atoms with Crippen molar-refractivity contribution in [1.82, 2.24) is 19.0 Å². The fourth-order valence-corrected chi connectivity index (χ4v) is 5.76. The molecule has 2 aromatic carbocycles. The number of carbonyl (C=O) groups is 1. The first-order valence-electron chi connectivity index (χ1n) is 10.9. The summed E-state index contributed by atoms with van der Waals surface area (Å²) in [6.07, 6.45) is 1.11. The molecule has 0 bridgehead atoms. The molecule has 11 nitrogen and oxygen atoms in total. The van der Waals surface area contributed by atoms with E-state index in [0.29, 0.717) is 12.4 Å². The Balaban J connectivity index is 1.66. The van der Waals surface area contributed by atoms with Gasteiger partial charge in [-0.1, -0.05) is 30.3 Å². The molecule has 1 amide bonds. The summed E-state index contributed by atoms with van der Waals surface area (Å²) in [6, 6.07) is 14.5. The third kappa shape index (κ3) is 6.99. The van der Waals surface area contributed by atoms with Crippen molar-refractivity contribution < 1.29 is 31.6 Å². The predicted octanol–water partition coefficient (Wildman–Crippen LogP) is 0.337. The molecule has 1 saturated heterocycles. The second kappa shape index (κ2) is 11.5. The SMILES string of the molecule is CN(C[C@@H](C(=O)NO)N1CCN(S(C)(=O)=O)CC1)S(=O)(=O)c1ccc(OCc2ccccc2)cc1. The van der Waals surface area contributed by atoms with Crippen molar-refractivity contribution in [2.75, 3.05) is 46.0 Å². The van der Waals surface area contributed by atoms with Gasteiger partial charge in [0.15, 0.2) is 0 Å². The Hall–Kier alpha value is -2.55. The summed E-state index contributed by atoms with van der Waals surface area (Å²) in [6.45, 7) is 0.861. The Morgan fingerprint density at radius 1 is 1.03 bits per heavy atom. The van der Waals surface area contributed by atoms with Gasteiger partial charge in [-0.25, -0.2) is 22.3 Å². The zero-order valence-electron chi connectivity index (χ0n) is 19.6. The van der Waals surface area contributed by atoms with Crippen molar-refractivity contribution in [2.24, 2.45) is 0 Å². The van der Waals surface area contributed by atoms with Gasteiger partial charge in [0.25, 0.3) is 5.91 Å². The van der Waals surface area contributed by atoms with Crippen LogP contribution in [0.4, 0.5) is 0 Å². The highest BCUT2D eigenvalue weighted by Gasteiger charge is 2.34. The minimum absolute atomic E-state index is 0.0251. The predicted molar refractivity (Wildman–Crippen MR) is 129 cm³/mol. The topological polar surface area (TPSA) is 137 Å². The molecule has 0 aromatic heterocycles. The van der Waals surface area contributed by atoms with Gasteiger partial charge in [0.05, 0.1) is 11.2 Å². The molecular formula is C22H30N4O7S2. The number of ether oxygens (including phenoxy) is 1. The summed E-state index contributed by atoms with van der Waals surface area (Å²) in [5.41, 5.74) is 2.57. The lowest BCUT2D eigenvalue weighted by Crippen LogP contribution is -2.58. The number of likely N-dealkylation sites (N-methyl/N-ethyl adjacent to an activating group) is 1. The van der Waals surface area contributed by atoms with Crippen LogP contribution >= 0.6 is 0 Å². The van der Waals surface area contributed by atoms with Crippen LogP contribution in [0.15, 0.2) is 59.5 Å². The summed E-state index contributed by atoms with van der Waals surface area (Å²) in [4.78, 5) is 14.0. The first-order valence-corrected chi connectivity index (χ1v) is 14.2. The Kier molecular flexibility index (Phi) is 8.85. The number of piperazine rings is 1. The van der Waals surface area contributed by atoms with Crippen LogP contribution < -0.4 is 10.2 Å². The van der Waals surface area contributed by atoms with E-state index in [9.17, 15) is 26.8 Å². The van der Waals surface area contributed by atoms with Crippen LogP contribution in [0.25, 0.3) is 0 Å². The summed E-state index contributed by atoms with van der Waals surface area (Å²) < 4.78 is 57.8. The number of nitrogens with zero attached hydrogens (tertiary/aromatic N) is 3. The fourth-order valence-electron chi connectivity index (χ4n) is 3.76. The highest BCUT2D eigenvalue weighted by molar-refractivity contribution is 7.89. The number of hydroxylamine groups is 1. The van der Waals surface area contributed by atoms with E-state index in [4.69, 9.17) is 4.74 Å². The van der Waals surface area contributed by atoms with E-state index >= 15 is 0 Å². The number of sulfonamides is 2. The molecule has 0 spiro atoms. The van der Waals surface area contributed by atoms with E-state index < -0.39 is 32.0 Å². The molecule has 0 aliphatic carbocycles. The van der Waals surface area contributed by atoms with Gasteiger partial charge >= 0.3 is 0 Å². The molecule has 2 N–H and O–H groups in total. The monoisotopic (exact) mass is 526 g/mol. The maximum Gasteiger partial charge on any atom is 0.262 e. The molecule has 1 aliphatic heterocycles. The molecule has 1 heterocycles. The van der Waals surface area contributed by atoms with E-state index in [-0.39, 0.29) is 37.6 Å². The molecule has 1 aliphatic rings. The van der Waals surface area contributed by atoms with Crippen LogP contribution in [0, 0.1) is 0 Å². The van der Waals surface area contributed by atoms with Crippen LogP contribution in [0.1, 0.15) is 5.56 Å².